The Morgan fingerprint density at radius 1 is 1.58 bits per heavy atom. The van der Waals surface area contributed by atoms with Gasteiger partial charge in [0.15, 0.2) is 0 Å². The van der Waals surface area contributed by atoms with Gasteiger partial charge < -0.3 is 11.1 Å². The number of thiophene rings is 1. The van der Waals surface area contributed by atoms with Crippen molar-refractivity contribution in [1.29, 1.82) is 0 Å². The van der Waals surface area contributed by atoms with Crippen LogP contribution < -0.4 is 11.1 Å². The number of nitrogens with two attached hydrogens (primary N) is 1. The van der Waals surface area contributed by atoms with Crippen LogP contribution in [0.3, 0.4) is 0 Å². The molecule has 3 nitrogen and oxygen atoms in total. The van der Waals surface area contributed by atoms with Gasteiger partial charge in [0.2, 0.25) is 0 Å². The minimum atomic E-state index is -0.0473. The summed E-state index contributed by atoms with van der Waals surface area (Å²) in [5.74, 6) is 1.35. The Balaban J connectivity index is 1.83. The van der Waals surface area contributed by atoms with Crippen LogP contribution in [-0.2, 0) is 0 Å². The average Bonchev–Trinajstić information content (AvgIpc) is 2.98. The van der Waals surface area contributed by atoms with Crippen molar-refractivity contribution in [1.82, 2.24) is 5.32 Å². The summed E-state index contributed by atoms with van der Waals surface area (Å²) in [7, 11) is 0. The van der Waals surface area contributed by atoms with Crippen LogP contribution in [0.2, 0.25) is 0 Å². The highest BCUT2D eigenvalue weighted by Crippen LogP contribution is 2.38. The number of fused-ring (bicyclic) bond motifs is 1. The number of hydrogen-bond acceptors (Lipinski definition) is 3. The Morgan fingerprint density at radius 3 is 3.00 bits per heavy atom. The van der Waals surface area contributed by atoms with E-state index in [2.05, 4.69) is 28.2 Å². The van der Waals surface area contributed by atoms with Gasteiger partial charge in [-0.25, -0.2) is 0 Å². The molecule has 3 rings (SSSR count). The summed E-state index contributed by atoms with van der Waals surface area (Å²) in [6, 6.07) is 5.89. The van der Waals surface area contributed by atoms with Crippen molar-refractivity contribution in [3.8, 4) is 0 Å². The first kappa shape index (κ1) is 12.9. The number of carbonyl (C=O) groups is 1. The summed E-state index contributed by atoms with van der Waals surface area (Å²) in [4.78, 5) is 12.8. The first-order valence-electron chi connectivity index (χ1n) is 6.32. The topological polar surface area (TPSA) is 55.1 Å². The summed E-state index contributed by atoms with van der Waals surface area (Å²) in [5, 5.41) is 3.94. The van der Waals surface area contributed by atoms with Gasteiger partial charge in [-0.3, -0.25) is 4.79 Å². The highest BCUT2D eigenvalue weighted by atomic mass is 79.9. The summed E-state index contributed by atoms with van der Waals surface area (Å²) < 4.78 is 2.04. The van der Waals surface area contributed by atoms with Gasteiger partial charge in [0.1, 0.15) is 4.88 Å². The van der Waals surface area contributed by atoms with Gasteiger partial charge in [0.25, 0.3) is 5.91 Å². The third-order valence-electron chi connectivity index (χ3n) is 3.70. The molecule has 0 radical (unpaired) electrons. The molecule has 1 fully saturated rings. The van der Waals surface area contributed by atoms with Gasteiger partial charge in [-0.1, -0.05) is 28.9 Å². The van der Waals surface area contributed by atoms with Gasteiger partial charge in [-0.05, 0) is 30.4 Å². The number of nitrogen functional groups attached to an aromatic ring is 1. The molecule has 0 bridgehead atoms. The Bertz CT molecular complexity index is 652. The first-order chi connectivity index (χ1) is 9.06. The number of benzene rings is 1. The van der Waals surface area contributed by atoms with E-state index in [-0.39, 0.29) is 5.91 Å². The normalized spacial score (nSPS) is 21.6. The second-order valence-electron chi connectivity index (χ2n) is 5.17. The minimum Gasteiger partial charge on any atom is -0.397 e. The molecular weight excluding hydrogens is 324 g/mol. The number of carbonyl (C=O) groups excluding carboxylic acids is 1. The third kappa shape index (κ3) is 2.49. The number of hydrogen-bond donors (Lipinski definition) is 2. The smallest absolute Gasteiger partial charge is 0.263 e. The summed E-state index contributed by atoms with van der Waals surface area (Å²) in [5.41, 5.74) is 6.67. The number of nitrogens with one attached hydrogen (secondary N) is 1. The molecule has 2 aromatic rings. The molecule has 19 heavy (non-hydrogen) atoms. The summed E-state index contributed by atoms with van der Waals surface area (Å²) >= 11 is 4.89. The second kappa shape index (κ2) is 4.80. The van der Waals surface area contributed by atoms with Crippen LogP contribution in [0.4, 0.5) is 5.69 Å². The van der Waals surface area contributed by atoms with Crippen LogP contribution in [0.1, 0.15) is 23.0 Å². The lowest BCUT2D eigenvalue weighted by Crippen LogP contribution is -2.25. The van der Waals surface area contributed by atoms with E-state index in [9.17, 15) is 4.79 Å². The van der Waals surface area contributed by atoms with Gasteiger partial charge in [0, 0.05) is 21.1 Å². The van der Waals surface area contributed by atoms with E-state index >= 15 is 0 Å². The fourth-order valence-electron chi connectivity index (χ4n) is 2.25. The number of anilines is 1. The maximum absolute atomic E-state index is 12.2. The van der Waals surface area contributed by atoms with Crippen LogP contribution in [0.5, 0.6) is 0 Å². The molecule has 0 saturated heterocycles. The van der Waals surface area contributed by atoms with Crippen molar-refractivity contribution in [2.45, 2.75) is 13.3 Å². The van der Waals surface area contributed by atoms with Crippen molar-refractivity contribution in [3.63, 3.8) is 0 Å². The van der Waals surface area contributed by atoms with Gasteiger partial charge >= 0.3 is 0 Å². The van der Waals surface area contributed by atoms with Gasteiger partial charge in [-0.15, -0.1) is 11.3 Å². The predicted octanol–water partition coefficient (Wildman–Crippen LogP) is 3.63. The molecule has 1 heterocycles. The predicted molar refractivity (Wildman–Crippen MR) is 83.5 cm³/mol. The summed E-state index contributed by atoms with van der Waals surface area (Å²) in [6.07, 6.45) is 1.22. The third-order valence-corrected chi connectivity index (χ3v) is 5.36. The molecule has 1 aliphatic carbocycles. The monoisotopic (exact) mass is 338 g/mol. The molecular formula is C14H15BrN2OS. The highest BCUT2D eigenvalue weighted by Gasteiger charge is 2.32. The van der Waals surface area contributed by atoms with Crippen molar-refractivity contribution >= 4 is 48.9 Å². The fraction of sp³-hybridized carbons (Fsp3) is 0.357. The molecule has 3 N–H and O–H groups in total. The van der Waals surface area contributed by atoms with E-state index in [0.717, 1.165) is 27.0 Å². The molecule has 1 aromatic heterocycles. The van der Waals surface area contributed by atoms with Crippen LogP contribution in [0, 0.1) is 11.8 Å². The molecule has 2 unspecified atom stereocenters. The lowest BCUT2D eigenvalue weighted by atomic mass is 10.2. The minimum absolute atomic E-state index is 0.0473. The van der Waals surface area contributed by atoms with E-state index in [4.69, 9.17) is 5.73 Å². The van der Waals surface area contributed by atoms with E-state index in [1.54, 1.807) is 0 Å². The molecule has 0 aliphatic heterocycles. The van der Waals surface area contributed by atoms with Crippen molar-refractivity contribution in [2.75, 3.05) is 12.3 Å². The molecule has 5 heteroatoms. The Hall–Kier alpha value is -1.07. The maximum atomic E-state index is 12.2. The zero-order chi connectivity index (χ0) is 13.6. The fourth-order valence-corrected chi connectivity index (χ4v) is 3.84. The quantitative estimate of drug-likeness (QED) is 0.897. The van der Waals surface area contributed by atoms with Crippen LogP contribution in [-0.4, -0.2) is 12.5 Å². The lowest BCUT2D eigenvalue weighted by molar-refractivity contribution is 0.0956. The molecule has 1 aromatic carbocycles. The molecule has 100 valence electrons. The SMILES string of the molecule is CC1CC1CNC(=O)c1sc2cc(Br)ccc2c1N. The van der Waals surface area contributed by atoms with E-state index < -0.39 is 0 Å². The van der Waals surface area contributed by atoms with Crippen molar-refractivity contribution in [3.05, 3.63) is 27.5 Å². The standard InChI is InChI=1S/C14H15BrN2OS/c1-7-4-8(7)6-17-14(18)13-12(16)10-3-2-9(15)5-11(10)19-13/h2-3,5,7-8H,4,6,16H2,1H3,(H,17,18). The van der Waals surface area contributed by atoms with Crippen LogP contribution in [0.15, 0.2) is 22.7 Å². The lowest BCUT2D eigenvalue weighted by Gasteiger charge is -2.03. The number of halogens is 1. The molecule has 1 saturated carbocycles. The number of rotatable bonds is 3. The Kier molecular flexibility index (Phi) is 3.27. The molecule has 1 aliphatic rings. The maximum Gasteiger partial charge on any atom is 0.263 e. The molecule has 1 amide bonds. The van der Waals surface area contributed by atoms with Crippen molar-refractivity contribution in [2.24, 2.45) is 11.8 Å². The molecule has 0 spiro atoms. The Morgan fingerprint density at radius 2 is 2.32 bits per heavy atom. The van der Waals surface area contributed by atoms with Crippen molar-refractivity contribution < 1.29 is 4.79 Å². The zero-order valence-corrected chi connectivity index (χ0v) is 13.0. The summed E-state index contributed by atoms with van der Waals surface area (Å²) in [6.45, 7) is 2.97. The largest absolute Gasteiger partial charge is 0.397 e. The second-order valence-corrected chi connectivity index (χ2v) is 7.14. The molecule has 2 atom stereocenters. The van der Waals surface area contributed by atoms with E-state index in [0.29, 0.717) is 16.5 Å². The van der Waals surface area contributed by atoms with E-state index in [1.807, 2.05) is 18.2 Å². The first-order valence-corrected chi connectivity index (χ1v) is 7.93. The highest BCUT2D eigenvalue weighted by molar-refractivity contribution is 9.10. The number of amides is 1. The average molecular weight is 339 g/mol. The van der Waals surface area contributed by atoms with Gasteiger partial charge in [-0.2, -0.15) is 0 Å². The Labute approximate surface area is 124 Å². The van der Waals surface area contributed by atoms with Crippen LogP contribution >= 0.6 is 27.3 Å². The van der Waals surface area contributed by atoms with Gasteiger partial charge in [0.05, 0.1) is 5.69 Å². The van der Waals surface area contributed by atoms with E-state index in [1.165, 1.54) is 17.8 Å². The van der Waals surface area contributed by atoms with Crippen LogP contribution in [0.25, 0.3) is 10.1 Å². The zero-order valence-electron chi connectivity index (χ0n) is 10.6.